The quantitative estimate of drug-likeness (QED) is 0.400. The molecule has 1 aliphatic rings. The summed E-state index contributed by atoms with van der Waals surface area (Å²) in [6.45, 7) is 0.672. The van der Waals surface area contributed by atoms with Crippen LogP contribution in [0.1, 0.15) is 41.9 Å². The summed E-state index contributed by atoms with van der Waals surface area (Å²) in [6, 6.07) is 14.5. The number of aromatic nitrogens is 4. The number of nitrogens with zero attached hydrogens (tertiary/aromatic N) is 4. The number of carbonyl (C=O) groups excluding carboxylic acids is 1. The fourth-order valence-corrected chi connectivity index (χ4v) is 5.66. The Balaban J connectivity index is 1.36. The number of benzene rings is 2. The molecule has 1 amide bonds. The fourth-order valence-electron chi connectivity index (χ4n) is 4.75. The van der Waals surface area contributed by atoms with Crippen LogP contribution in [0.15, 0.2) is 69.8 Å². The first-order chi connectivity index (χ1) is 17.6. The monoisotopic (exact) mass is 497 g/mol. The molecule has 0 fully saturated rings. The summed E-state index contributed by atoms with van der Waals surface area (Å²) in [7, 11) is 0. The van der Waals surface area contributed by atoms with Crippen molar-refractivity contribution in [1.29, 1.82) is 0 Å². The molecular weight excluding hydrogens is 474 g/mol. The van der Waals surface area contributed by atoms with Gasteiger partial charge in [0.25, 0.3) is 17.0 Å². The van der Waals surface area contributed by atoms with Crippen molar-refractivity contribution >= 4 is 38.4 Å². The zero-order chi connectivity index (χ0) is 24.6. The molecule has 8 nitrogen and oxygen atoms in total. The van der Waals surface area contributed by atoms with Crippen molar-refractivity contribution in [3.8, 4) is 11.1 Å². The minimum absolute atomic E-state index is 0.0689. The van der Waals surface area contributed by atoms with Gasteiger partial charge in [0.1, 0.15) is 17.0 Å². The molecule has 6 rings (SSSR count). The van der Waals surface area contributed by atoms with Crippen molar-refractivity contribution in [2.45, 2.75) is 38.6 Å². The average molecular weight is 498 g/mol. The first kappa shape index (κ1) is 22.4. The molecule has 0 bridgehead atoms. The van der Waals surface area contributed by atoms with Crippen LogP contribution in [0.3, 0.4) is 0 Å². The molecule has 4 heterocycles. The lowest BCUT2D eigenvalue weighted by Gasteiger charge is -2.16. The lowest BCUT2D eigenvalue weighted by atomic mass is 10.1. The number of hydrogen-bond donors (Lipinski definition) is 1. The van der Waals surface area contributed by atoms with Gasteiger partial charge in [0, 0.05) is 29.5 Å². The number of rotatable bonds is 3. The topological polar surface area (TPSA) is 98.9 Å². The van der Waals surface area contributed by atoms with E-state index in [1.807, 2.05) is 35.7 Å². The standard InChI is InChI=1S/C27H23N5O3S/c33-24(18-11-12-19-21(14-18)29-22-10-6-1-2-7-13-31(22)26(19)34)30-32-16-28-25-23(27(32)35)20(15-36-25)17-8-4-3-5-9-17/h3-5,8-9,11-12,14-16H,1-2,6-7,10,13H2,(H,30,33). The van der Waals surface area contributed by atoms with Gasteiger partial charge in [-0.25, -0.2) is 14.6 Å². The lowest BCUT2D eigenvalue weighted by Crippen LogP contribution is -2.33. The molecule has 0 saturated carbocycles. The third-order valence-electron chi connectivity index (χ3n) is 6.63. The maximum Gasteiger partial charge on any atom is 0.281 e. The van der Waals surface area contributed by atoms with Gasteiger partial charge in [-0.1, -0.05) is 43.2 Å². The third kappa shape index (κ3) is 3.91. The predicted octanol–water partition coefficient (Wildman–Crippen LogP) is 4.34. The molecule has 1 N–H and O–H groups in total. The highest BCUT2D eigenvalue weighted by Gasteiger charge is 2.17. The van der Waals surface area contributed by atoms with E-state index in [1.165, 1.54) is 17.7 Å². The van der Waals surface area contributed by atoms with E-state index in [0.717, 1.165) is 53.7 Å². The zero-order valence-corrected chi connectivity index (χ0v) is 20.3. The average Bonchev–Trinajstić information content (AvgIpc) is 3.32. The number of fused-ring (bicyclic) bond motifs is 3. The van der Waals surface area contributed by atoms with Crippen molar-refractivity contribution in [1.82, 2.24) is 19.2 Å². The normalized spacial score (nSPS) is 13.8. The summed E-state index contributed by atoms with van der Waals surface area (Å²) in [4.78, 5) is 49.2. The van der Waals surface area contributed by atoms with E-state index in [-0.39, 0.29) is 11.1 Å². The van der Waals surface area contributed by atoms with Crippen molar-refractivity contribution in [3.05, 3.63) is 92.3 Å². The number of carbonyl (C=O) groups is 1. The van der Waals surface area contributed by atoms with Crippen molar-refractivity contribution in [3.63, 3.8) is 0 Å². The van der Waals surface area contributed by atoms with Gasteiger partial charge < -0.3 is 0 Å². The van der Waals surface area contributed by atoms with Gasteiger partial charge in [0.05, 0.1) is 16.3 Å². The van der Waals surface area contributed by atoms with E-state index in [0.29, 0.717) is 33.2 Å². The predicted molar refractivity (Wildman–Crippen MR) is 141 cm³/mol. The smallest absolute Gasteiger partial charge is 0.281 e. The number of thiophene rings is 1. The van der Waals surface area contributed by atoms with Gasteiger partial charge in [-0.15, -0.1) is 11.3 Å². The van der Waals surface area contributed by atoms with Crippen molar-refractivity contribution < 1.29 is 4.79 Å². The van der Waals surface area contributed by atoms with Crippen LogP contribution in [0.25, 0.3) is 32.2 Å². The molecule has 0 atom stereocenters. The molecule has 0 radical (unpaired) electrons. The molecule has 3 aromatic heterocycles. The summed E-state index contributed by atoms with van der Waals surface area (Å²) in [5.41, 5.74) is 4.71. The maximum atomic E-state index is 13.3. The largest absolute Gasteiger partial charge is 0.296 e. The molecule has 180 valence electrons. The Labute approximate surface area is 209 Å². The van der Waals surface area contributed by atoms with Gasteiger partial charge in [-0.05, 0) is 36.6 Å². The first-order valence-electron chi connectivity index (χ1n) is 12.0. The Morgan fingerprint density at radius 2 is 1.81 bits per heavy atom. The maximum absolute atomic E-state index is 13.3. The van der Waals surface area contributed by atoms with Crippen LogP contribution in [0, 0.1) is 0 Å². The molecule has 5 aromatic rings. The minimum Gasteiger partial charge on any atom is -0.296 e. The molecule has 1 aliphatic heterocycles. The molecule has 2 aromatic carbocycles. The summed E-state index contributed by atoms with van der Waals surface area (Å²) in [5.74, 6) is 0.284. The van der Waals surface area contributed by atoms with Gasteiger partial charge >= 0.3 is 0 Å². The van der Waals surface area contributed by atoms with Crippen LogP contribution in [0.5, 0.6) is 0 Å². The summed E-state index contributed by atoms with van der Waals surface area (Å²) >= 11 is 1.39. The second kappa shape index (κ2) is 9.16. The summed E-state index contributed by atoms with van der Waals surface area (Å²) < 4.78 is 2.88. The van der Waals surface area contributed by atoms with E-state index in [1.54, 1.807) is 22.8 Å². The van der Waals surface area contributed by atoms with Crippen LogP contribution in [-0.2, 0) is 13.0 Å². The van der Waals surface area contributed by atoms with Gasteiger partial charge in [0.2, 0.25) is 0 Å². The Kier molecular flexibility index (Phi) is 5.69. The Morgan fingerprint density at radius 1 is 0.972 bits per heavy atom. The lowest BCUT2D eigenvalue weighted by molar-refractivity contribution is 0.101. The second-order valence-corrected chi connectivity index (χ2v) is 9.80. The van der Waals surface area contributed by atoms with Gasteiger partial charge in [-0.3, -0.25) is 24.4 Å². The summed E-state index contributed by atoms with van der Waals surface area (Å²) in [6.07, 6.45) is 6.25. The molecule has 0 spiro atoms. The van der Waals surface area contributed by atoms with E-state index < -0.39 is 5.91 Å². The molecule has 9 heteroatoms. The minimum atomic E-state index is -0.481. The van der Waals surface area contributed by atoms with E-state index in [4.69, 9.17) is 4.98 Å². The molecule has 0 saturated heterocycles. The molecule has 0 unspecified atom stereocenters. The number of hydrogen-bond acceptors (Lipinski definition) is 6. The highest BCUT2D eigenvalue weighted by Crippen LogP contribution is 2.30. The van der Waals surface area contributed by atoms with Crippen LogP contribution in [0.4, 0.5) is 0 Å². The second-order valence-electron chi connectivity index (χ2n) is 8.94. The Bertz CT molecular complexity index is 1740. The van der Waals surface area contributed by atoms with Gasteiger partial charge in [0.15, 0.2) is 0 Å². The third-order valence-corrected chi connectivity index (χ3v) is 7.52. The van der Waals surface area contributed by atoms with Crippen LogP contribution in [0.2, 0.25) is 0 Å². The van der Waals surface area contributed by atoms with Crippen molar-refractivity contribution in [2.75, 3.05) is 5.43 Å². The van der Waals surface area contributed by atoms with Gasteiger partial charge in [-0.2, -0.15) is 0 Å². The first-order valence-corrected chi connectivity index (χ1v) is 12.9. The molecule has 0 aliphatic carbocycles. The molecular formula is C27H23N5O3S. The number of aryl methyl sites for hydroxylation is 1. The van der Waals surface area contributed by atoms with Crippen LogP contribution in [-0.4, -0.2) is 25.1 Å². The van der Waals surface area contributed by atoms with E-state index in [2.05, 4.69) is 10.4 Å². The van der Waals surface area contributed by atoms with E-state index >= 15 is 0 Å². The number of nitrogens with one attached hydrogen (secondary N) is 1. The SMILES string of the molecule is O=C(Nn1cnc2scc(-c3ccccc3)c2c1=O)c1ccc2c(=O)n3c(nc2c1)CCCCCC3. The van der Waals surface area contributed by atoms with Crippen LogP contribution < -0.4 is 16.5 Å². The Hall–Kier alpha value is -4.11. The van der Waals surface area contributed by atoms with Crippen molar-refractivity contribution in [2.24, 2.45) is 0 Å². The number of amides is 1. The highest BCUT2D eigenvalue weighted by atomic mass is 32.1. The van der Waals surface area contributed by atoms with E-state index in [9.17, 15) is 14.4 Å². The zero-order valence-electron chi connectivity index (χ0n) is 19.4. The molecule has 36 heavy (non-hydrogen) atoms. The Morgan fingerprint density at radius 3 is 2.67 bits per heavy atom. The summed E-state index contributed by atoms with van der Waals surface area (Å²) in [5, 5.41) is 2.85. The fraction of sp³-hybridized carbons (Fsp3) is 0.222. The highest BCUT2D eigenvalue weighted by molar-refractivity contribution is 7.17. The van der Waals surface area contributed by atoms with Crippen LogP contribution >= 0.6 is 11.3 Å².